The quantitative estimate of drug-likeness (QED) is 0.310. The molecule has 0 aliphatic rings. The van der Waals surface area contributed by atoms with Crippen LogP contribution in [0.25, 0.3) is 11.1 Å². The van der Waals surface area contributed by atoms with Crippen molar-refractivity contribution in [2.75, 3.05) is 5.75 Å². The zero-order valence-corrected chi connectivity index (χ0v) is 12.1. The highest BCUT2D eigenvalue weighted by molar-refractivity contribution is 7.87. The summed E-state index contributed by atoms with van der Waals surface area (Å²) in [5, 5.41) is 6.81. The van der Waals surface area contributed by atoms with Crippen molar-refractivity contribution in [3.63, 3.8) is 0 Å². The van der Waals surface area contributed by atoms with Crippen molar-refractivity contribution >= 4 is 21.9 Å². The molecule has 0 amide bonds. The van der Waals surface area contributed by atoms with E-state index in [9.17, 15) is 13.2 Å². The lowest BCUT2D eigenvalue weighted by Crippen LogP contribution is -2.34. The molecule has 0 spiro atoms. The number of ketones is 1. The van der Waals surface area contributed by atoms with Crippen molar-refractivity contribution in [1.29, 1.82) is 5.41 Å². The maximum Gasteiger partial charge on any atom is 0.295 e. The van der Waals surface area contributed by atoms with Crippen LogP contribution in [0, 0.1) is 5.41 Å². The van der Waals surface area contributed by atoms with E-state index in [1.54, 1.807) is 29.7 Å². The summed E-state index contributed by atoms with van der Waals surface area (Å²) in [6.45, 7) is 0. The Morgan fingerprint density at radius 3 is 2.73 bits per heavy atom. The van der Waals surface area contributed by atoms with Gasteiger partial charge >= 0.3 is 0 Å². The number of guanidine groups is 1. The van der Waals surface area contributed by atoms with Crippen LogP contribution in [0.2, 0.25) is 0 Å². The Balaban J connectivity index is 2.13. The first-order valence-electron chi connectivity index (χ1n) is 6.04. The van der Waals surface area contributed by atoms with Crippen LogP contribution in [0.4, 0.5) is 0 Å². The van der Waals surface area contributed by atoms with Gasteiger partial charge in [-0.15, -0.1) is 4.28 Å². The monoisotopic (exact) mass is 323 g/mol. The predicted molar refractivity (Wildman–Crippen MR) is 78.4 cm³/mol. The van der Waals surface area contributed by atoms with Gasteiger partial charge < -0.3 is 10.2 Å². The zero-order chi connectivity index (χ0) is 16.2. The number of hydroxylamine groups is 1. The van der Waals surface area contributed by atoms with Gasteiger partial charge in [-0.05, 0) is 17.7 Å². The molecule has 1 aromatic heterocycles. The van der Waals surface area contributed by atoms with Crippen LogP contribution in [-0.2, 0) is 14.4 Å². The minimum absolute atomic E-state index is 0.216. The van der Waals surface area contributed by atoms with E-state index in [1.807, 2.05) is 0 Å². The fraction of sp³-hybridized carbons (Fsp3) is 0.0769. The topological polar surface area (TPSA) is 135 Å². The summed E-state index contributed by atoms with van der Waals surface area (Å²) in [5.41, 5.74) is 8.30. The first-order valence-corrected chi connectivity index (χ1v) is 7.62. The van der Waals surface area contributed by atoms with E-state index in [2.05, 4.69) is 4.28 Å². The molecule has 1 aromatic carbocycles. The highest BCUT2D eigenvalue weighted by atomic mass is 32.2. The van der Waals surface area contributed by atoms with E-state index in [4.69, 9.17) is 15.6 Å². The lowest BCUT2D eigenvalue weighted by molar-refractivity contribution is 0.101. The van der Waals surface area contributed by atoms with E-state index in [1.165, 1.54) is 18.6 Å². The van der Waals surface area contributed by atoms with Gasteiger partial charge in [-0.25, -0.2) is 5.48 Å². The molecule has 22 heavy (non-hydrogen) atoms. The molecule has 0 atom stereocenters. The number of carbonyl (C=O) groups is 1. The summed E-state index contributed by atoms with van der Waals surface area (Å²) in [6.07, 6.45) is 3.01. The number of furan rings is 1. The molecule has 9 heteroatoms. The Morgan fingerprint density at radius 1 is 1.32 bits per heavy atom. The Bertz CT molecular complexity index is 784. The molecule has 0 aliphatic heterocycles. The van der Waals surface area contributed by atoms with Gasteiger partial charge in [0.05, 0.1) is 12.5 Å². The molecule has 4 N–H and O–H groups in total. The third kappa shape index (κ3) is 4.17. The standard InChI is InChI=1S/C13H13N3O5S/c14-13(15)16-21-22(18,19)8-12(17)10-3-1-2-9(6-10)11-4-5-20-7-11/h1-7H,8H2,(H4,14,15,16). The second-order valence-electron chi connectivity index (χ2n) is 4.32. The minimum atomic E-state index is -4.19. The van der Waals surface area contributed by atoms with Gasteiger partial charge in [0.2, 0.25) is 5.96 Å². The molecule has 0 bridgehead atoms. The SMILES string of the molecule is N=C(N)NOS(=O)(=O)CC(=O)c1cccc(-c2ccoc2)c1. The van der Waals surface area contributed by atoms with Crippen molar-refractivity contribution in [3.8, 4) is 11.1 Å². The van der Waals surface area contributed by atoms with Gasteiger partial charge in [-0.3, -0.25) is 10.2 Å². The average Bonchev–Trinajstić information content (AvgIpc) is 2.99. The third-order valence-corrected chi connectivity index (χ3v) is 3.58. The van der Waals surface area contributed by atoms with E-state index in [-0.39, 0.29) is 5.56 Å². The minimum Gasteiger partial charge on any atom is -0.472 e. The Labute approximate surface area is 126 Å². The molecule has 0 radical (unpaired) electrons. The van der Waals surface area contributed by atoms with Crippen molar-refractivity contribution in [2.24, 2.45) is 5.73 Å². The highest BCUT2D eigenvalue weighted by Gasteiger charge is 2.20. The van der Waals surface area contributed by atoms with E-state index < -0.39 is 27.6 Å². The summed E-state index contributed by atoms with van der Waals surface area (Å²) in [6, 6.07) is 8.18. The molecule has 0 unspecified atom stereocenters. The number of hydrogen-bond donors (Lipinski definition) is 3. The number of benzene rings is 1. The highest BCUT2D eigenvalue weighted by Crippen LogP contribution is 2.21. The molecule has 1 heterocycles. The van der Waals surface area contributed by atoms with Crippen molar-refractivity contribution in [1.82, 2.24) is 5.48 Å². The van der Waals surface area contributed by atoms with Crippen LogP contribution in [0.5, 0.6) is 0 Å². The normalized spacial score (nSPS) is 11.1. The summed E-state index contributed by atoms with van der Waals surface area (Å²) >= 11 is 0. The lowest BCUT2D eigenvalue weighted by atomic mass is 10.0. The number of hydrogen-bond acceptors (Lipinski definition) is 6. The summed E-state index contributed by atoms with van der Waals surface area (Å²) < 4.78 is 32.3. The van der Waals surface area contributed by atoms with Gasteiger partial charge in [-0.1, -0.05) is 18.2 Å². The van der Waals surface area contributed by atoms with Crippen LogP contribution >= 0.6 is 0 Å². The molecular weight excluding hydrogens is 310 g/mol. The van der Waals surface area contributed by atoms with Gasteiger partial charge in [0.15, 0.2) is 5.78 Å². The Hall–Kier alpha value is -2.65. The molecule has 0 aliphatic carbocycles. The molecule has 2 rings (SSSR count). The predicted octanol–water partition coefficient (Wildman–Crippen LogP) is 0.874. The Morgan fingerprint density at radius 2 is 2.09 bits per heavy atom. The molecule has 8 nitrogen and oxygen atoms in total. The molecule has 0 fully saturated rings. The van der Waals surface area contributed by atoms with Crippen molar-refractivity contribution < 1.29 is 21.9 Å². The second-order valence-corrected chi connectivity index (χ2v) is 5.89. The van der Waals surface area contributed by atoms with E-state index in [0.717, 1.165) is 11.1 Å². The number of nitrogens with one attached hydrogen (secondary N) is 2. The summed E-state index contributed by atoms with van der Waals surface area (Å²) in [7, 11) is -4.19. The average molecular weight is 323 g/mol. The molecule has 0 saturated carbocycles. The fourth-order valence-corrected chi connectivity index (χ4v) is 2.45. The van der Waals surface area contributed by atoms with Crippen molar-refractivity contribution in [3.05, 3.63) is 48.4 Å². The first-order chi connectivity index (χ1) is 10.4. The van der Waals surface area contributed by atoms with Crippen molar-refractivity contribution in [2.45, 2.75) is 0 Å². The number of nitrogens with two attached hydrogens (primary N) is 1. The maximum absolute atomic E-state index is 12.0. The van der Waals surface area contributed by atoms with Crippen LogP contribution in [-0.4, -0.2) is 25.9 Å². The number of rotatable bonds is 6. The molecule has 2 aromatic rings. The number of carbonyl (C=O) groups excluding carboxylic acids is 1. The van der Waals surface area contributed by atoms with Crippen LogP contribution in [0.15, 0.2) is 47.3 Å². The fourth-order valence-electron chi connectivity index (χ4n) is 1.68. The summed E-state index contributed by atoms with van der Waals surface area (Å²) in [4.78, 5) is 12.0. The molecule has 0 saturated heterocycles. The molecule has 116 valence electrons. The second kappa shape index (κ2) is 6.41. The maximum atomic E-state index is 12.0. The van der Waals surface area contributed by atoms with E-state index in [0.29, 0.717) is 0 Å². The van der Waals surface area contributed by atoms with Gasteiger partial charge in [0.1, 0.15) is 5.75 Å². The third-order valence-electron chi connectivity index (χ3n) is 2.63. The van der Waals surface area contributed by atoms with Gasteiger partial charge in [-0.2, -0.15) is 8.42 Å². The lowest BCUT2D eigenvalue weighted by Gasteiger charge is -2.06. The number of Topliss-reactive ketones (excluding diaryl/α,β-unsaturated/α-hetero) is 1. The Kier molecular flexibility index (Phi) is 4.59. The summed E-state index contributed by atoms with van der Waals surface area (Å²) in [5.74, 6) is -2.20. The smallest absolute Gasteiger partial charge is 0.295 e. The van der Waals surface area contributed by atoms with Crippen LogP contribution in [0.1, 0.15) is 10.4 Å². The zero-order valence-electron chi connectivity index (χ0n) is 11.3. The van der Waals surface area contributed by atoms with E-state index >= 15 is 0 Å². The van der Waals surface area contributed by atoms with Gasteiger partial charge in [0.25, 0.3) is 10.1 Å². The largest absolute Gasteiger partial charge is 0.472 e. The van der Waals surface area contributed by atoms with Gasteiger partial charge in [0, 0.05) is 11.1 Å². The first kappa shape index (κ1) is 15.7. The van der Waals surface area contributed by atoms with Crippen LogP contribution in [0.3, 0.4) is 0 Å². The molecular formula is C13H13N3O5S. The van der Waals surface area contributed by atoms with Crippen LogP contribution < -0.4 is 11.2 Å².